The number of benzene rings is 1. The van der Waals surface area contributed by atoms with Gasteiger partial charge in [0, 0.05) is 13.1 Å². The monoisotopic (exact) mass is 424 g/mol. The predicted molar refractivity (Wildman–Crippen MR) is 101 cm³/mol. The van der Waals surface area contributed by atoms with E-state index >= 15 is 0 Å². The molecule has 1 aliphatic heterocycles. The number of likely N-dealkylation sites (tertiary alicyclic amines) is 1. The highest BCUT2D eigenvalue weighted by atomic mass is 19.4. The normalized spacial score (nSPS) is 19.4. The van der Waals surface area contributed by atoms with E-state index < -0.39 is 23.7 Å². The predicted octanol–water partition coefficient (Wildman–Crippen LogP) is 3.42. The van der Waals surface area contributed by atoms with Crippen molar-refractivity contribution in [1.82, 2.24) is 14.9 Å². The van der Waals surface area contributed by atoms with E-state index in [1.165, 1.54) is 18.2 Å². The fourth-order valence-corrected chi connectivity index (χ4v) is 3.13. The van der Waals surface area contributed by atoms with E-state index in [1.54, 1.807) is 4.90 Å². The molecule has 1 N–H and O–H groups in total. The second-order valence-electron chi connectivity index (χ2n) is 6.80. The largest absolute Gasteiger partial charge is 0.416 e. The Morgan fingerprint density at radius 1 is 1.27 bits per heavy atom. The summed E-state index contributed by atoms with van der Waals surface area (Å²) >= 11 is 0. The van der Waals surface area contributed by atoms with Crippen LogP contribution in [0, 0.1) is 5.82 Å². The first kappa shape index (κ1) is 21.7. The number of aromatic nitrogens is 2. The van der Waals surface area contributed by atoms with Crippen LogP contribution in [0.3, 0.4) is 0 Å². The molecule has 10 heteroatoms. The van der Waals surface area contributed by atoms with Gasteiger partial charge >= 0.3 is 6.18 Å². The van der Waals surface area contributed by atoms with Gasteiger partial charge in [0.2, 0.25) is 11.9 Å². The van der Waals surface area contributed by atoms with Gasteiger partial charge in [-0.05, 0) is 30.2 Å². The highest BCUT2D eigenvalue weighted by Gasteiger charge is 2.33. The van der Waals surface area contributed by atoms with Crippen molar-refractivity contribution in [2.75, 3.05) is 18.4 Å². The smallest absolute Gasteiger partial charge is 0.370 e. The molecular formula is C20H20F4N4O2. The maximum Gasteiger partial charge on any atom is 0.416 e. The molecule has 2 heterocycles. The minimum Gasteiger partial charge on any atom is -0.370 e. The molecule has 1 aromatic carbocycles. The number of piperidine rings is 1. The van der Waals surface area contributed by atoms with Gasteiger partial charge in [-0.15, -0.1) is 0 Å². The number of carbonyl (C=O) groups excluding carboxylic acids is 1. The summed E-state index contributed by atoms with van der Waals surface area (Å²) in [5, 5.41) is 3.07. The van der Waals surface area contributed by atoms with Gasteiger partial charge in [0.15, 0.2) is 5.82 Å². The van der Waals surface area contributed by atoms with E-state index in [1.807, 2.05) is 0 Å². The zero-order valence-electron chi connectivity index (χ0n) is 15.9. The molecule has 0 bridgehead atoms. The van der Waals surface area contributed by atoms with Crippen molar-refractivity contribution in [3.8, 4) is 0 Å². The first-order valence-corrected chi connectivity index (χ1v) is 9.19. The van der Waals surface area contributed by atoms with Gasteiger partial charge in [-0.2, -0.15) is 13.2 Å². The molecule has 1 saturated heterocycles. The number of hydrogen-bond donors (Lipinski definition) is 1. The topological polar surface area (TPSA) is 67.4 Å². The van der Waals surface area contributed by atoms with Gasteiger partial charge in [0.05, 0.1) is 36.7 Å². The Labute approximate surface area is 170 Å². The number of halogens is 4. The Bertz CT molecular complexity index is 872. The summed E-state index contributed by atoms with van der Waals surface area (Å²) in [4.78, 5) is 21.3. The van der Waals surface area contributed by atoms with Crippen molar-refractivity contribution in [3.63, 3.8) is 0 Å². The van der Waals surface area contributed by atoms with Gasteiger partial charge < -0.3 is 15.0 Å². The van der Waals surface area contributed by atoms with Crippen LogP contribution in [0.2, 0.25) is 0 Å². The zero-order chi connectivity index (χ0) is 21.7. The molecule has 2 atom stereocenters. The summed E-state index contributed by atoms with van der Waals surface area (Å²) in [6.45, 7) is 4.24. The van der Waals surface area contributed by atoms with E-state index in [-0.39, 0.29) is 31.0 Å². The number of amides is 1. The number of alkyl halides is 3. The molecule has 160 valence electrons. The number of anilines is 1. The van der Waals surface area contributed by atoms with Gasteiger partial charge in [-0.25, -0.2) is 14.4 Å². The lowest BCUT2D eigenvalue weighted by Gasteiger charge is -2.38. The fourth-order valence-electron chi connectivity index (χ4n) is 3.13. The van der Waals surface area contributed by atoms with Crippen LogP contribution in [0.5, 0.6) is 0 Å². The van der Waals surface area contributed by atoms with Crippen molar-refractivity contribution < 1.29 is 27.1 Å². The molecule has 1 aromatic heterocycles. The first-order valence-electron chi connectivity index (χ1n) is 9.19. The number of ether oxygens (including phenoxy) is 1. The molecule has 0 aliphatic carbocycles. The van der Waals surface area contributed by atoms with Crippen molar-refractivity contribution in [3.05, 3.63) is 66.3 Å². The number of nitrogens with one attached hydrogen (secondary N) is 1. The van der Waals surface area contributed by atoms with E-state index in [0.717, 1.165) is 24.5 Å². The van der Waals surface area contributed by atoms with Crippen molar-refractivity contribution in [2.45, 2.75) is 31.3 Å². The third kappa shape index (κ3) is 5.53. The summed E-state index contributed by atoms with van der Waals surface area (Å²) in [6.07, 6.45) is -1.10. The second-order valence-corrected chi connectivity index (χ2v) is 6.80. The van der Waals surface area contributed by atoms with E-state index in [2.05, 4.69) is 21.9 Å². The highest BCUT2D eigenvalue weighted by molar-refractivity contribution is 5.87. The minimum atomic E-state index is -4.40. The molecule has 3 rings (SSSR count). The van der Waals surface area contributed by atoms with E-state index in [0.29, 0.717) is 18.5 Å². The molecule has 1 aliphatic rings. The highest BCUT2D eigenvalue weighted by Crippen LogP contribution is 2.29. The Morgan fingerprint density at radius 2 is 1.93 bits per heavy atom. The molecule has 1 amide bonds. The number of carbonyl (C=O) groups is 1. The standard InChI is InChI=1S/C20H20F4N4O2/c1-2-18(29)28-8-7-16(27-19-25-9-15(21)10-26-19)17(11-28)30-12-13-3-5-14(6-4-13)20(22,23)24/h2-6,9-10,16-17H,1,7-8,11-12H2,(H,25,26,27)/t16-,17-/m1/s1. The molecule has 0 radical (unpaired) electrons. The van der Waals surface area contributed by atoms with Gasteiger partial charge in [0.25, 0.3) is 0 Å². The Hall–Kier alpha value is -3.01. The van der Waals surface area contributed by atoms with Crippen LogP contribution in [-0.2, 0) is 22.3 Å². The fraction of sp³-hybridized carbons (Fsp3) is 0.350. The third-order valence-corrected chi connectivity index (χ3v) is 4.73. The van der Waals surface area contributed by atoms with Crippen LogP contribution >= 0.6 is 0 Å². The zero-order valence-corrected chi connectivity index (χ0v) is 15.9. The maximum absolute atomic E-state index is 13.0. The molecule has 1 fully saturated rings. The lowest BCUT2D eigenvalue weighted by Crippen LogP contribution is -2.52. The third-order valence-electron chi connectivity index (χ3n) is 4.73. The van der Waals surface area contributed by atoms with Crippen LogP contribution in [0.4, 0.5) is 23.5 Å². The van der Waals surface area contributed by atoms with E-state index in [4.69, 9.17) is 4.74 Å². The lowest BCUT2D eigenvalue weighted by molar-refractivity contribution is -0.137. The van der Waals surface area contributed by atoms with Crippen LogP contribution in [-0.4, -0.2) is 46.0 Å². The second kappa shape index (κ2) is 9.21. The molecule has 2 aromatic rings. The Kier molecular flexibility index (Phi) is 6.66. The minimum absolute atomic E-state index is 0.0569. The number of hydrogen-bond acceptors (Lipinski definition) is 5. The average Bonchev–Trinajstić information content (AvgIpc) is 2.73. The summed E-state index contributed by atoms with van der Waals surface area (Å²) < 4.78 is 57.1. The van der Waals surface area contributed by atoms with Gasteiger partial charge in [-0.1, -0.05) is 18.7 Å². The maximum atomic E-state index is 13.0. The number of nitrogens with zero attached hydrogens (tertiary/aromatic N) is 3. The average molecular weight is 424 g/mol. The Balaban J connectivity index is 1.69. The van der Waals surface area contributed by atoms with Crippen LogP contribution in [0.1, 0.15) is 17.5 Å². The van der Waals surface area contributed by atoms with E-state index in [9.17, 15) is 22.4 Å². The summed E-state index contributed by atoms with van der Waals surface area (Å²) in [5.41, 5.74) is -0.174. The molecule has 30 heavy (non-hydrogen) atoms. The van der Waals surface area contributed by atoms with Gasteiger partial charge in [0.1, 0.15) is 0 Å². The van der Waals surface area contributed by atoms with Crippen molar-refractivity contribution in [2.24, 2.45) is 0 Å². The first-order chi connectivity index (χ1) is 14.3. The lowest BCUT2D eigenvalue weighted by atomic mass is 10.0. The van der Waals surface area contributed by atoms with Crippen molar-refractivity contribution >= 4 is 11.9 Å². The molecule has 0 unspecified atom stereocenters. The number of rotatable bonds is 6. The summed E-state index contributed by atoms with van der Waals surface area (Å²) in [7, 11) is 0. The van der Waals surface area contributed by atoms with Crippen LogP contribution < -0.4 is 5.32 Å². The SMILES string of the molecule is C=CC(=O)N1CC[C@@H](Nc2ncc(F)cn2)[C@H](OCc2ccc(C(F)(F)F)cc2)C1. The molecule has 6 nitrogen and oxygen atoms in total. The Morgan fingerprint density at radius 3 is 2.53 bits per heavy atom. The molecular weight excluding hydrogens is 404 g/mol. The molecule has 0 saturated carbocycles. The van der Waals surface area contributed by atoms with Crippen LogP contribution in [0.15, 0.2) is 49.3 Å². The summed E-state index contributed by atoms with van der Waals surface area (Å²) in [6, 6.07) is 4.41. The van der Waals surface area contributed by atoms with Gasteiger partial charge in [-0.3, -0.25) is 4.79 Å². The molecule has 0 spiro atoms. The quantitative estimate of drug-likeness (QED) is 0.569. The summed E-state index contributed by atoms with van der Waals surface area (Å²) in [5.74, 6) is -0.593. The van der Waals surface area contributed by atoms with Crippen molar-refractivity contribution in [1.29, 1.82) is 0 Å². The van der Waals surface area contributed by atoms with Crippen LogP contribution in [0.25, 0.3) is 0 Å².